The molecule has 1 aromatic rings. The molecular formula is C12H14N2O. The Balaban J connectivity index is 3.02. The van der Waals surface area contributed by atoms with Crippen LogP contribution in [0.4, 0.5) is 0 Å². The molecule has 15 heavy (non-hydrogen) atoms. The van der Waals surface area contributed by atoms with Crippen molar-refractivity contribution in [2.75, 3.05) is 6.61 Å². The minimum atomic E-state index is 0.520. The molecule has 0 bridgehead atoms. The summed E-state index contributed by atoms with van der Waals surface area (Å²) < 4.78 is 5.26. The minimum absolute atomic E-state index is 0.520. The van der Waals surface area contributed by atoms with Gasteiger partial charge in [-0.3, -0.25) is 4.98 Å². The molecule has 0 aliphatic rings. The van der Waals surface area contributed by atoms with Crippen LogP contribution in [0.5, 0.6) is 5.88 Å². The van der Waals surface area contributed by atoms with Gasteiger partial charge in [0.05, 0.1) is 24.7 Å². The van der Waals surface area contributed by atoms with Crippen molar-refractivity contribution in [2.45, 2.75) is 6.92 Å². The first kappa shape index (κ1) is 11.2. The van der Waals surface area contributed by atoms with E-state index in [0.717, 1.165) is 11.3 Å². The molecule has 0 atom stereocenters. The lowest BCUT2D eigenvalue weighted by Crippen LogP contribution is -1.97. The Hall–Kier alpha value is -1.90. The first-order valence-electron chi connectivity index (χ1n) is 4.72. The SMILES string of the molecule is C=C/C=C(\C=C)c1cncc(OCC)n1. The molecule has 3 nitrogen and oxygen atoms in total. The van der Waals surface area contributed by atoms with E-state index in [-0.39, 0.29) is 0 Å². The zero-order valence-electron chi connectivity index (χ0n) is 8.81. The van der Waals surface area contributed by atoms with E-state index < -0.39 is 0 Å². The number of aromatic nitrogens is 2. The van der Waals surface area contributed by atoms with Crippen LogP contribution in [0.3, 0.4) is 0 Å². The highest BCUT2D eigenvalue weighted by molar-refractivity contribution is 5.71. The van der Waals surface area contributed by atoms with E-state index in [1.54, 1.807) is 24.5 Å². The lowest BCUT2D eigenvalue weighted by atomic mass is 10.2. The van der Waals surface area contributed by atoms with Crippen molar-refractivity contribution in [3.05, 3.63) is 49.5 Å². The summed E-state index contributed by atoms with van der Waals surface area (Å²) in [4.78, 5) is 8.32. The van der Waals surface area contributed by atoms with Crippen molar-refractivity contribution in [1.82, 2.24) is 9.97 Å². The summed E-state index contributed by atoms with van der Waals surface area (Å²) in [5.74, 6) is 0.520. The van der Waals surface area contributed by atoms with Gasteiger partial charge in [-0.15, -0.1) is 0 Å². The van der Waals surface area contributed by atoms with E-state index in [1.165, 1.54) is 0 Å². The maximum absolute atomic E-state index is 5.26. The zero-order chi connectivity index (χ0) is 11.1. The van der Waals surface area contributed by atoms with Gasteiger partial charge in [-0.05, 0) is 6.92 Å². The largest absolute Gasteiger partial charge is 0.477 e. The molecule has 0 aromatic carbocycles. The second kappa shape index (κ2) is 5.75. The maximum Gasteiger partial charge on any atom is 0.232 e. The van der Waals surface area contributed by atoms with Crippen molar-refractivity contribution in [3.63, 3.8) is 0 Å². The van der Waals surface area contributed by atoms with E-state index >= 15 is 0 Å². The van der Waals surface area contributed by atoms with Crippen LogP contribution in [0, 0.1) is 0 Å². The van der Waals surface area contributed by atoms with Crippen molar-refractivity contribution in [1.29, 1.82) is 0 Å². The van der Waals surface area contributed by atoms with Crippen LogP contribution in [0.2, 0.25) is 0 Å². The summed E-state index contributed by atoms with van der Waals surface area (Å²) in [7, 11) is 0. The quantitative estimate of drug-likeness (QED) is 0.688. The molecule has 1 aromatic heterocycles. The van der Waals surface area contributed by atoms with Crippen molar-refractivity contribution >= 4 is 5.57 Å². The average Bonchev–Trinajstić information content (AvgIpc) is 2.27. The average molecular weight is 202 g/mol. The molecule has 78 valence electrons. The van der Waals surface area contributed by atoms with Gasteiger partial charge in [0.2, 0.25) is 5.88 Å². The molecule has 0 N–H and O–H groups in total. The standard InChI is InChI=1S/C12H14N2O/c1-4-7-10(5-2)11-8-13-9-12(14-11)15-6-3/h4-5,7-9H,1-2,6H2,3H3/b10-7+. The summed E-state index contributed by atoms with van der Waals surface area (Å²) in [6, 6.07) is 0. The van der Waals surface area contributed by atoms with Crippen LogP contribution in [-0.4, -0.2) is 16.6 Å². The zero-order valence-corrected chi connectivity index (χ0v) is 8.81. The van der Waals surface area contributed by atoms with Crippen LogP contribution >= 0.6 is 0 Å². The van der Waals surface area contributed by atoms with Gasteiger partial charge in [0.1, 0.15) is 0 Å². The van der Waals surface area contributed by atoms with Crippen molar-refractivity contribution in [2.24, 2.45) is 0 Å². The van der Waals surface area contributed by atoms with Crippen LogP contribution in [0.1, 0.15) is 12.6 Å². The summed E-state index contributed by atoms with van der Waals surface area (Å²) in [5, 5.41) is 0. The van der Waals surface area contributed by atoms with E-state index in [1.807, 2.05) is 13.0 Å². The fourth-order valence-corrected chi connectivity index (χ4v) is 1.09. The fourth-order valence-electron chi connectivity index (χ4n) is 1.09. The number of hydrogen-bond donors (Lipinski definition) is 0. The van der Waals surface area contributed by atoms with Gasteiger partial charge in [-0.2, -0.15) is 0 Å². The maximum atomic E-state index is 5.26. The Morgan fingerprint density at radius 1 is 1.47 bits per heavy atom. The molecule has 0 saturated carbocycles. The Bertz CT molecular complexity index is 383. The van der Waals surface area contributed by atoms with Gasteiger partial charge in [0.25, 0.3) is 0 Å². The van der Waals surface area contributed by atoms with Gasteiger partial charge < -0.3 is 4.74 Å². The fraction of sp³-hybridized carbons (Fsp3) is 0.167. The predicted molar refractivity (Wildman–Crippen MR) is 61.6 cm³/mol. The van der Waals surface area contributed by atoms with Crippen LogP contribution in [0.25, 0.3) is 5.57 Å². The van der Waals surface area contributed by atoms with Gasteiger partial charge in [0.15, 0.2) is 0 Å². The predicted octanol–water partition coefficient (Wildman–Crippen LogP) is 2.63. The lowest BCUT2D eigenvalue weighted by Gasteiger charge is -2.04. The molecule has 1 rings (SSSR count). The number of allylic oxidation sites excluding steroid dienone is 4. The Morgan fingerprint density at radius 2 is 2.27 bits per heavy atom. The van der Waals surface area contributed by atoms with Crippen LogP contribution < -0.4 is 4.74 Å². The van der Waals surface area contributed by atoms with E-state index in [2.05, 4.69) is 23.1 Å². The normalized spacial score (nSPS) is 10.9. The molecule has 0 spiro atoms. The van der Waals surface area contributed by atoms with E-state index in [0.29, 0.717) is 12.5 Å². The first-order chi connectivity index (χ1) is 7.31. The smallest absolute Gasteiger partial charge is 0.232 e. The molecule has 0 aliphatic heterocycles. The Kier molecular flexibility index (Phi) is 4.29. The molecule has 0 amide bonds. The van der Waals surface area contributed by atoms with Gasteiger partial charge in [-0.25, -0.2) is 4.98 Å². The lowest BCUT2D eigenvalue weighted by molar-refractivity contribution is 0.325. The monoisotopic (exact) mass is 202 g/mol. The first-order valence-corrected chi connectivity index (χ1v) is 4.72. The summed E-state index contributed by atoms with van der Waals surface area (Å²) in [6.07, 6.45) is 8.47. The summed E-state index contributed by atoms with van der Waals surface area (Å²) in [6.45, 7) is 9.82. The molecule has 3 heteroatoms. The molecule has 0 radical (unpaired) electrons. The topological polar surface area (TPSA) is 35.0 Å². The molecule has 0 fully saturated rings. The minimum Gasteiger partial charge on any atom is -0.477 e. The van der Waals surface area contributed by atoms with E-state index in [9.17, 15) is 0 Å². The van der Waals surface area contributed by atoms with Crippen LogP contribution in [-0.2, 0) is 0 Å². The summed E-state index contributed by atoms with van der Waals surface area (Å²) in [5.41, 5.74) is 1.61. The molecular weight excluding hydrogens is 188 g/mol. The second-order valence-electron chi connectivity index (χ2n) is 2.74. The number of rotatable bonds is 5. The molecule has 0 aliphatic carbocycles. The van der Waals surface area contributed by atoms with Crippen LogP contribution in [0.15, 0.2) is 43.8 Å². The highest BCUT2D eigenvalue weighted by atomic mass is 16.5. The number of ether oxygens (including phenoxy) is 1. The Morgan fingerprint density at radius 3 is 2.87 bits per heavy atom. The van der Waals surface area contributed by atoms with Crippen molar-refractivity contribution in [3.8, 4) is 5.88 Å². The third kappa shape index (κ3) is 3.06. The highest BCUT2D eigenvalue weighted by Crippen LogP contribution is 2.14. The molecule has 1 heterocycles. The summed E-state index contributed by atoms with van der Waals surface area (Å²) >= 11 is 0. The third-order valence-corrected chi connectivity index (χ3v) is 1.72. The van der Waals surface area contributed by atoms with E-state index in [4.69, 9.17) is 4.74 Å². The molecule has 0 saturated heterocycles. The Labute approximate surface area is 89.8 Å². The van der Waals surface area contributed by atoms with Gasteiger partial charge in [0, 0.05) is 5.57 Å². The highest BCUT2D eigenvalue weighted by Gasteiger charge is 2.01. The number of nitrogens with zero attached hydrogens (tertiary/aromatic N) is 2. The second-order valence-corrected chi connectivity index (χ2v) is 2.74. The third-order valence-electron chi connectivity index (χ3n) is 1.72. The van der Waals surface area contributed by atoms with Gasteiger partial charge >= 0.3 is 0 Å². The van der Waals surface area contributed by atoms with Gasteiger partial charge in [-0.1, -0.05) is 31.4 Å². The number of hydrogen-bond acceptors (Lipinski definition) is 3. The molecule has 0 unspecified atom stereocenters. The van der Waals surface area contributed by atoms with Crippen molar-refractivity contribution < 1.29 is 4.74 Å².